The average Bonchev–Trinajstić information content (AvgIpc) is 2.76. The molecule has 2 N–H and O–H groups in total. The number of likely N-dealkylation sites (N-methyl/N-ethyl adjacent to an activating group) is 1. The van der Waals surface area contributed by atoms with Crippen LogP contribution in [0.25, 0.3) is 0 Å². The maximum absolute atomic E-state index is 13.4. The number of hydrogen-bond acceptors (Lipinski definition) is 4. The fourth-order valence-corrected chi connectivity index (χ4v) is 3.68. The van der Waals surface area contributed by atoms with Gasteiger partial charge in [-0.2, -0.15) is 0 Å². The van der Waals surface area contributed by atoms with E-state index in [1.165, 1.54) is 12.1 Å². The Hall–Kier alpha value is -2.77. The Morgan fingerprint density at radius 1 is 1.00 bits per heavy atom. The molecule has 160 valence electrons. The number of rotatable bonds is 6. The number of benzene rings is 2. The zero-order valence-electron chi connectivity index (χ0n) is 17.5. The van der Waals surface area contributed by atoms with Gasteiger partial charge in [0.15, 0.2) is 0 Å². The topological polar surface area (TPSA) is 64.7 Å². The van der Waals surface area contributed by atoms with E-state index in [2.05, 4.69) is 27.5 Å². The third-order valence-electron chi connectivity index (χ3n) is 5.54. The summed E-state index contributed by atoms with van der Waals surface area (Å²) in [6.45, 7) is 5.78. The Kier molecular flexibility index (Phi) is 7.54. The van der Waals surface area contributed by atoms with Crippen LogP contribution in [-0.2, 0) is 16.0 Å². The molecule has 0 aliphatic carbocycles. The fraction of sp³-hybridized carbons (Fsp3) is 0.391. The largest absolute Gasteiger partial charge is 0.346 e. The van der Waals surface area contributed by atoms with Gasteiger partial charge < -0.3 is 15.5 Å². The van der Waals surface area contributed by atoms with Crippen molar-refractivity contribution >= 4 is 17.5 Å². The monoisotopic (exact) mass is 412 g/mol. The van der Waals surface area contributed by atoms with Crippen LogP contribution < -0.4 is 10.6 Å². The Morgan fingerprint density at radius 2 is 1.67 bits per heavy atom. The molecule has 2 amide bonds. The van der Waals surface area contributed by atoms with Gasteiger partial charge in [-0.3, -0.25) is 14.5 Å². The molecule has 0 radical (unpaired) electrons. The van der Waals surface area contributed by atoms with Crippen molar-refractivity contribution < 1.29 is 14.0 Å². The molecule has 30 heavy (non-hydrogen) atoms. The minimum atomic E-state index is -0.688. The summed E-state index contributed by atoms with van der Waals surface area (Å²) in [6, 6.07) is 13.6. The normalized spacial score (nSPS) is 16.1. The summed E-state index contributed by atoms with van der Waals surface area (Å²) in [6.07, 6.45) is 0.758. The smallest absolute Gasteiger partial charge is 0.313 e. The van der Waals surface area contributed by atoms with Crippen molar-refractivity contribution in [2.45, 2.75) is 19.4 Å². The van der Waals surface area contributed by atoms with Gasteiger partial charge >= 0.3 is 11.8 Å². The lowest BCUT2D eigenvalue weighted by molar-refractivity contribution is -0.136. The Morgan fingerprint density at radius 3 is 2.33 bits per heavy atom. The summed E-state index contributed by atoms with van der Waals surface area (Å²) in [4.78, 5) is 29.4. The third-order valence-corrected chi connectivity index (χ3v) is 5.54. The predicted octanol–water partition coefficient (Wildman–Crippen LogP) is 2.43. The average molecular weight is 413 g/mol. The minimum Gasteiger partial charge on any atom is -0.346 e. The fourth-order valence-electron chi connectivity index (χ4n) is 3.68. The van der Waals surface area contributed by atoms with E-state index in [-0.39, 0.29) is 18.4 Å². The number of nitrogens with zero attached hydrogens (tertiary/aromatic N) is 2. The summed E-state index contributed by atoms with van der Waals surface area (Å²) in [5.41, 5.74) is 2.53. The zero-order chi connectivity index (χ0) is 21.5. The van der Waals surface area contributed by atoms with Crippen molar-refractivity contribution in [3.8, 4) is 0 Å². The van der Waals surface area contributed by atoms with E-state index in [1.807, 2.05) is 25.1 Å². The molecule has 7 heteroatoms. The van der Waals surface area contributed by atoms with Crippen LogP contribution in [0.4, 0.5) is 10.1 Å². The van der Waals surface area contributed by atoms with Crippen LogP contribution in [0.3, 0.4) is 0 Å². The molecule has 0 spiro atoms. The molecule has 0 saturated carbocycles. The molecule has 1 saturated heterocycles. The summed E-state index contributed by atoms with van der Waals surface area (Å²) < 4.78 is 13.4. The maximum atomic E-state index is 13.4. The standard InChI is InChI=1S/C23H29FN4O2/c1-3-17-6-4-5-7-20(17)26-23(30)22(29)25-16-21(18-8-10-19(24)11-9-18)28-14-12-27(2)13-15-28/h4-11,21H,3,12-16H2,1-2H3,(H,25,29)(H,26,30)/t21-/m0/s1. The van der Waals surface area contributed by atoms with E-state index in [0.29, 0.717) is 5.69 Å². The molecule has 3 rings (SSSR count). The molecule has 0 unspecified atom stereocenters. The van der Waals surface area contributed by atoms with Crippen molar-refractivity contribution in [3.05, 3.63) is 65.5 Å². The van der Waals surface area contributed by atoms with Gasteiger partial charge in [-0.25, -0.2) is 4.39 Å². The van der Waals surface area contributed by atoms with Crippen LogP contribution in [0.1, 0.15) is 24.1 Å². The first-order valence-electron chi connectivity index (χ1n) is 10.3. The van der Waals surface area contributed by atoms with E-state index in [9.17, 15) is 14.0 Å². The lowest BCUT2D eigenvalue weighted by Gasteiger charge is -2.38. The number of amides is 2. The van der Waals surface area contributed by atoms with E-state index < -0.39 is 11.8 Å². The number of piperazine rings is 1. The lowest BCUT2D eigenvalue weighted by atomic mass is 10.0. The molecule has 0 bridgehead atoms. The van der Waals surface area contributed by atoms with Crippen molar-refractivity contribution in [1.82, 2.24) is 15.1 Å². The second kappa shape index (κ2) is 10.3. The van der Waals surface area contributed by atoms with Gasteiger partial charge in [0, 0.05) is 38.4 Å². The summed E-state index contributed by atoms with van der Waals surface area (Å²) in [5.74, 6) is -1.66. The summed E-state index contributed by atoms with van der Waals surface area (Å²) in [7, 11) is 2.07. The quantitative estimate of drug-likeness (QED) is 0.716. The Balaban J connectivity index is 1.66. The molecular weight excluding hydrogens is 383 g/mol. The van der Waals surface area contributed by atoms with E-state index in [1.54, 1.807) is 18.2 Å². The van der Waals surface area contributed by atoms with E-state index in [0.717, 1.165) is 43.7 Å². The highest BCUT2D eigenvalue weighted by atomic mass is 19.1. The number of hydrogen-bond donors (Lipinski definition) is 2. The molecule has 6 nitrogen and oxygen atoms in total. The molecular formula is C23H29FN4O2. The van der Waals surface area contributed by atoms with Gasteiger partial charge in [-0.1, -0.05) is 37.3 Å². The van der Waals surface area contributed by atoms with Crippen LogP contribution in [0.5, 0.6) is 0 Å². The van der Waals surface area contributed by atoms with Gasteiger partial charge in [0.1, 0.15) is 5.82 Å². The van der Waals surface area contributed by atoms with Crippen molar-refractivity contribution in [3.63, 3.8) is 0 Å². The van der Waals surface area contributed by atoms with E-state index >= 15 is 0 Å². The third kappa shape index (κ3) is 5.64. The molecule has 2 aromatic rings. The number of nitrogens with one attached hydrogen (secondary N) is 2. The molecule has 1 fully saturated rings. The molecule has 1 aliphatic rings. The predicted molar refractivity (Wildman–Crippen MR) is 116 cm³/mol. The summed E-state index contributed by atoms with van der Waals surface area (Å²) >= 11 is 0. The van der Waals surface area contributed by atoms with Gasteiger partial charge in [-0.15, -0.1) is 0 Å². The number of carbonyl (C=O) groups is 2. The molecule has 1 heterocycles. The van der Waals surface area contributed by atoms with Crippen molar-refractivity contribution in [1.29, 1.82) is 0 Å². The zero-order valence-corrected chi connectivity index (χ0v) is 17.5. The second-order valence-electron chi connectivity index (χ2n) is 7.58. The highest BCUT2D eigenvalue weighted by Crippen LogP contribution is 2.22. The van der Waals surface area contributed by atoms with E-state index in [4.69, 9.17) is 0 Å². The maximum Gasteiger partial charge on any atom is 0.313 e. The van der Waals surface area contributed by atoms with Crippen LogP contribution in [0.2, 0.25) is 0 Å². The number of aryl methyl sites for hydroxylation is 1. The van der Waals surface area contributed by atoms with Gasteiger partial charge in [-0.05, 0) is 42.8 Å². The first-order chi connectivity index (χ1) is 14.5. The molecule has 2 aromatic carbocycles. The highest BCUT2D eigenvalue weighted by Gasteiger charge is 2.25. The van der Waals surface area contributed by atoms with Crippen LogP contribution in [0, 0.1) is 5.82 Å². The molecule has 0 aromatic heterocycles. The minimum absolute atomic E-state index is 0.126. The first-order valence-corrected chi connectivity index (χ1v) is 10.3. The van der Waals surface area contributed by atoms with Gasteiger partial charge in [0.2, 0.25) is 0 Å². The number of anilines is 1. The molecule has 1 aliphatic heterocycles. The second-order valence-corrected chi connectivity index (χ2v) is 7.58. The molecule has 1 atom stereocenters. The highest BCUT2D eigenvalue weighted by molar-refractivity contribution is 6.39. The Bertz CT molecular complexity index is 864. The number of halogens is 1. The SMILES string of the molecule is CCc1ccccc1NC(=O)C(=O)NC[C@@H](c1ccc(F)cc1)N1CCN(C)CC1. The number of carbonyl (C=O) groups excluding carboxylic acids is 2. The van der Waals surface area contributed by atoms with Crippen LogP contribution in [-0.4, -0.2) is 61.4 Å². The van der Waals surface area contributed by atoms with Crippen LogP contribution in [0.15, 0.2) is 48.5 Å². The summed E-state index contributed by atoms with van der Waals surface area (Å²) in [5, 5.41) is 5.46. The van der Waals surface area contributed by atoms with Crippen molar-refractivity contribution in [2.75, 3.05) is 45.1 Å². The van der Waals surface area contributed by atoms with Crippen LogP contribution >= 0.6 is 0 Å². The Labute approximate surface area is 177 Å². The van der Waals surface area contributed by atoms with Gasteiger partial charge in [0.25, 0.3) is 0 Å². The lowest BCUT2D eigenvalue weighted by Crippen LogP contribution is -2.49. The first kappa shape index (κ1) is 21.9. The number of para-hydroxylation sites is 1. The van der Waals surface area contributed by atoms with Gasteiger partial charge in [0.05, 0.1) is 6.04 Å². The van der Waals surface area contributed by atoms with Crippen molar-refractivity contribution in [2.24, 2.45) is 0 Å².